The lowest BCUT2D eigenvalue weighted by Crippen LogP contribution is -1.98. The van der Waals surface area contributed by atoms with E-state index < -0.39 is 11.6 Å². The Morgan fingerprint density at radius 2 is 1.71 bits per heavy atom. The van der Waals surface area contributed by atoms with Crippen LogP contribution in [0.1, 0.15) is 11.1 Å². The number of hydrogen-bond acceptors (Lipinski definition) is 2. The first-order valence-corrected chi connectivity index (χ1v) is 3.89. The van der Waals surface area contributed by atoms with Crippen molar-refractivity contribution in [3.05, 3.63) is 34.9 Å². The lowest BCUT2D eigenvalue weighted by Gasteiger charge is -2.04. The average Bonchev–Trinajstić information content (AvgIpc) is 2.11. The standard InChI is InChI=1S/C10H6F2N2/c11-8-5-7(1-3-13)9(2-4-14)10(12)6-8/h5-6H,1-2H2. The zero-order valence-corrected chi connectivity index (χ0v) is 7.22. The zero-order valence-electron chi connectivity index (χ0n) is 7.22. The molecule has 0 N–H and O–H groups in total. The van der Waals surface area contributed by atoms with Gasteiger partial charge in [-0.05, 0) is 11.6 Å². The van der Waals surface area contributed by atoms with Crippen molar-refractivity contribution in [3.8, 4) is 12.1 Å². The highest BCUT2D eigenvalue weighted by molar-refractivity contribution is 5.33. The fourth-order valence-corrected chi connectivity index (χ4v) is 1.18. The Hall–Kier alpha value is -1.94. The molecule has 0 saturated carbocycles. The molecule has 0 unspecified atom stereocenters. The number of benzene rings is 1. The number of halogens is 2. The number of nitriles is 2. The first-order valence-electron chi connectivity index (χ1n) is 3.89. The summed E-state index contributed by atoms with van der Waals surface area (Å²) >= 11 is 0. The summed E-state index contributed by atoms with van der Waals surface area (Å²) in [6, 6.07) is 5.36. The highest BCUT2D eigenvalue weighted by Crippen LogP contribution is 2.17. The molecule has 0 atom stereocenters. The van der Waals surface area contributed by atoms with Crippen LogP contribution in [0.25, 0.3) is 0 Å². The van der Waals surface area contributed by atoms with Crippen molar-refractivity contribution in [1.29, 1.82) is 10.5 Å². The lowest BCUT2D eigenvalue weighted by molar-refractivity contribution is 0.572. The minimum Gasteiger partial charge on any atom is -0.207 e. The van der Waals surface area contributed by atoms with E-state index in [2.05, 4.69) is 0 Å². The van der Waals surface area contributed by atoms with Crippen LogP contribution in [-0.4, -0.2) is 0 Å². The van der Waals surface area contributed by atoms with E-state index in [1.807, 2.05) is 0 Å². The summed E-state index contributed by atoms with van der Waals surface area (Å²) in [5, 5.41) is 16.8. The van der Waals surface area contributed by atoms with Crippen molar-refractivity contribution < 1.29 is 8.78 Å². The summed E-state index contributed by atoms with van der Waals surface area (Å²) in [5.74, 6) is -1.49. The first-order chi connectivity index (χ1) is 6.69. The molecule has 2 nitrogen and oxygen atoms in total. The molecule has 0 saturated heterocycles. The van der Waals surface area contributed by atoms with E-state index in [9.17, 15) is 8.78 Å². The molecule has 0 aliphatic carbocycles. The Labute approximate surface area is 80.0 Å². The maximum absolute atomic E-state index is 13.1. The van der Waals surface area contributed by atoms with Gasteiger partial charge in [0.05, 0.1) is 25.0 Å². The second-order valence-electron chi connectivity index (χ2n) is 2.70. The van der Waals surface area contributed by atoms with Crippen LogP contribution in [0, 0.1) is 34.3 Å². The van der Waals surface area contributed by atoms with E-state index in [1.165, 1.54) is 0 Å². The second kappa shape index (κ2) is 4.34. The van der Waals surface area contributed by atoms with Gasteiger partial charge in [-0.2, -0.15) is 10.5 Å². The predicted molar refractivity (Wildman–Crippen MR) is 45.0 cm³/mol. The molecule has 0 bridgehead atoms. The SMILES string of the molecule is N#CCc1cc(F)cc(F)c1CC#N. The third kappa shape index (κ3) is 2.05. The second-order valence-corrected chi connectivity index (χ2v) is 2.70. The van der Waals surface area contributed by atoms with Crippen molar-refractivity contribution in [2.75, 3.05) is 0 Å². The van der Waals surface area contributed by atoms with Gasteiger partial charge in [0.1, 0.15) is 11.6 Å². The van der Waals surface area contributed by atoms with Gasteiger partial charge in [0, 0.05) is 11.6 Å². The molecule has 0 amide bonds. The highest BCUT2D eigenvalue weighted by atomic mass is 19.1. The fraction of sp³-hybridized carbons (Fsp3) is 0.200. The minimum absolute atomic E-state index is 0.0916. The Balaban J connectivity index is 3.24. The average molecular weight is 192 g/mol. The van der Waals surface area contributed by atoms with Crippen LogP contribution < -0.4 is 0 Å². The molecule has 1 rings (SSSR count). The van der Waals surface area contributed by atoms with E-state index >= 15 is 0 Å². The topological polar surface area (TPSA) is 47.6 Å². The highest BCUT2D eigenvalue weighted by Gasteiger charge is 2.10. The predicted octanol–water partition coefficient (Wildman–Crippen LogP) is 2.10. The molecule has 4 heteroatoms. The summed E-state index contributed by atoms with van der Waals surface area (Å²) < 4.78 is 25.9. The van der Waals surface area contributed by atoms with Crippen LogP contribution in [0.15, 0.2) is 12.1 Å². The maximum atomic E-state index is 13.1. The van der Waals surface area contributed by atoms with Crippen LogP contribution in [0.2, 0.25) is 0 Å². The van der Waals surface area contributed by atoms with Gasteiger partial charge in [0.2, 0.25) is 0 Å². The van der Waals surface area contributed by atoms with E-state index in [-0.39, 0.29) is 24.0 Å². The van der Waals surface area contributed by atoms with Gasteiger partial charge in [0.15, 0.2) is 0 Å². The molecular formula is C10H6F2N2. The smallest absolute Gasteiger partial charge is 0.130 e. The third-order valence-electron chi connectivity index (χ3n) is 1.78. The van der Waals surface area contributed by atoms with Crippen LogP contribution in [0.5, 0.6) is 0 Å². The molecule has 0 radical (unpaired) electrons. The van der Waals surface area contributed by atoms with Crippen molar-refractivity contribution in [1.82, 2.24) is 0 Å². The Bertz CT molecular complexity index is 427. The summed E-state index contributed by atoms with van der Waals surface area (Å²) in [4.78, 5) is 0. The first kappa shape index (κ1) is 10.1. The Kier molecular flexibility index (Phi) is 3.14. The van der Waals surface area contributed by atoms with Gasteiger partial charge in [-0.1, -0.05) is 0 Å². The van der Waals surface area contributed by atoms with Crippen LogP contribution in [0.4, 0.5) is 8.78 Å². The van der Waals surface area contributed by atoms with Gasteiger partial charge >= 0.3 is 0 Å². The van der Waals surface area contributed by atoms with E-state index in [0.717, 1.165) is 6.07 Å². The maximum Gasteiger partial charge on any atom is 0.130 e. The zero-order chi connectivity index (χ0) is 10.6. The normalized spacial score (nSPS) is 9.14. The lowest BCUT2D eigenvalue weighted by atomic mass is 10.0. The molecule has 0 spiro atoms. The number of hydrogen-bond donors (Lipinski definition) is 0. The van der Waals surface area contributed by atoms with Gasteiger partial charge < -0.3 is 0 Å². The van der Waals surface area contributed by atoms with Crippen molar-refractivity contribution in [2.45, 2.75) is 12.8 Å². The molecule has 0 heterocycles. The van der Waals surface area contributed by atoms with Crippen LogP contribution in [0.3, 0.4) is 0 Å². The monoisotopic (exact) mass is 192 g/mol. The van der Waals surface area contributed by atoms with Crippen molar-refractivity contribution in [2.24, 2.45) is 0 Å². The summed E-state index contributed by atoms with van der Waals surface area (Å²) in [6.45, 7) is 0. The molecule has 1 aromatic rings. The third-order valence-corrected chi connectivity index (χ3v) is 1.78. The van der Waals surface area contributed by atoms with E-state index in [4.69, 9.17) is 10.5 Å². The molecule has 70 valence electrons. The largest absolute Gasteiger partial charge is 0.207 e. The molecule has 0 aromatic heterocycles. The quantitative estimate of drug-likeness (QED) is 0.720. The van der Waals surface area contributed by atoms with E-state index in [1.54, 1.807) is 12.1 Å². The van der Waals surface area contributed by atoms with Gasteiger partial charge in [0.25, 0.3) is 0 Å². The summed E-state index contributed by atoms with van der Waals surface area (Å²) in [7, 11) is 0. The number of rotatable bonds is 2. The molecule has 0 aliphatic heterocycles. The molecule has 0 aliphatic rings. The van der Waals surface area contributed by atoms with Crippen molar-refractivity contribution in [3.63, 3.8) is 0 Å². The van der Waals surface area contributed by atoms with Crippen molar-refractivity contribution >= 4 is 0 Å². The Morgan fingerprint density at radius 1 is 1.07 bits per heavy atom. The molecule has 0 fully saturated rings. The Morgan fingerprint density at radius 3 is 2.29 bits per heavy atom. The minimum atomic E-state index is -0.767. The van der Waals surface area contributed by atoms with E-state index in [0.29, 0.717) is 6.07 Å². The summed E-state index contributed by atoms with van der Waals surface area (Å²) in [5.41, 5.74) is 0.349. The molecular weight excluding hydrogens is 186 g/mol. The number of nitrogens with zero attached hydrogens (tertiary/aromatic N) is 2. The molecule has 14 heavy (non-hydrogen) atoms. The fourth-order valence-electron chi connectivity index (χ4n) is 1.18. The van der Waals surface area contributed by atoms with Gasteiger partial charge in [-0.3, -0.25) is 0 Å². The van der Waals surface area contributed by atoms with Crippen LogP contribution >= 0.6 is 0 Å². The van der Waals surface area contributed by atoms with Gasteiger partial charge in [-0.15, -0.1) is 0 Å². The van der Waals surface area contributed by atoms with Gasteiger partial charge in [-0.25, -0.2) is 8.78 Å². The van der Waals surface area contributed by atoms with Crippen LogP contribution in [-0.2, 0) is 12.8 Å². The molecule has 1 aromatic carbocycles. The summed E-state index contributed by atoms with van der Waals surface area (Å²) in [6.07, 6.45) is -0.241.